The van der Waals surface area contributed by atoms with Crippen LogP contribution >= 0.6 is 0 Å². The molecular weight excluding hydrogens is 452 g/mol. The van der Waals surface area contributed by atoms with Crippen LogP contribution in [-0.4, -0.2) is 57.0 Å². The van der Waals surface area contributed by atoms with Gasteiger partial charge in [-0.2, -0.15) is 24.6 Å². The van der Waals surface area contributed by atoms with Crippen LogP contribution in [0.5, 0.6) is 0 Å². The minimum absolute atomic E-state index is 0.103. The van der Waals surface area contributed by atoms with Gasteiger partial charge in [-0.15, -0.1) is 0 Å². The zero-order chi connectivity index (χ0) is 24.1. The summed E-state index contributed by atoms with van der Waals surface area (Å²) in [6, 6.07) is 11.9. The Balaban J connectivity index is 1.60. The van der Waals surface area contributed by atoms with E-state index in [0.717, 1.165) is 39.4 Å². The van der Waals surface area contributed by atoms with E-state index < -0.39 is 15.6 Å². The first-order chi connectivity index (χ1) is 16.2. The van der Waals surface area contributed by atoms with Crippen LogP contribution in [0.2, 0.25) is 0 Å². The fourth-order valence-corrected chi connectivity index (χ4v) is 5.17. The molecule has 172 valence electrons. The molecule has 0 radical (unpaired) electrons. The maximum atomic E-state index is 11.9. The van der Waals surface area contributed by atoms with Gasteiger partial charge in [-0.1, -0.05) is 6.07 Å². The highest BCUT2D eigenvalue weighted by molar-refractivity contribution is 7.88. The van der Waals surface area contributed by atoms with Gasteiger partial charge >= 0.3 is 0 Å². The first-order valence-corrected chi connectivity index (χ1v) is 12.4. The number of nitriles is 1. The summed E-state index contributed by atoms with van der Waals surface area (Å²) in [5.41, 5.74) is 10.0. The number of rotatable bonds is 5. The average molecular weight is 475 g/mol. The lowest BCUT2D eigenvalue weighted by atomic mass is 9.90. The van der Waals surface area contributed by atoms with E-state index in [4.69, 9.17) is 10.8 Å². The molecule has 0 bridgehead atoms. The lowest BCUT2D eigenvalue weighted by Gasteiger charge is -2.46. The third-order valence-corrected chi connectivity index (χ3v) is 7.38. The molecular formula is C23H22N8O2S. The van der Waals surface area contributed by atoms with E-state index in [9.17, 15) is 13.7 Å². The fourth-order valence-electron chi connectivity index (χ4n) is 4.22. The van der Waals surface area contributed by atoms with Crippen LogP contribution in [0.3, 0.4) is 0 Å². The van der Waals surface area contributed by atoms with Crippen molar-refractivity contribution in [3.8, 4) is 28.5 Å². The minimum atomic E-state index is -3.35. The van der Waals surface area contributed by atoms with Gasteiger partial charge in [0.15, 0.2) is 0 Å². The summed E-state index contributed by atoms with van der Waals surface area (Å²) in [4.78, 5) is 10.3. The summed E-state index contributed by atoms with van der Waals surface area (Å²) in [5, 5.41) is 19.4. The molecule has 1 aromatic carbocycles. The largest absolute Gasteiger partial charge is 0.383 e. The standard InChI is InChI=1S/C23H22N8O2S/c1-15-8-17(11-27-22(15)25)16-9-19(18-4-3-7-26-20(18)10-16)21-12-28-31(29-21)23(5-6-24)13-30(14-23)34(2,32)33/h3-4,7-12H,5,13-14H2,1-2H3,(H2,25,27). The quantitative estimate of drug-likeness (QED) is 0.464. The number of nitrogens with two attached hydrogens (primary N) is 1. The molecule has 0 aliphatic carbocycles. The van der Waals surface area contributed by atoms with Crippen molar-refractivity contribution in [2.75, 3.05) is 25.1 Å². The topological polar surface area (TPSA) is 144 Å². The summed E-state index contributed by atoms with van der Waals surface area (Å²) in [7, 11) is -3.35. The molecule has 1 fully saturated rings. The highest BCUT2D eigenvalue weighted by atomic mass is 32.2. The number of anilines is 1. The highest BCUT2D eigenvalue weighted by Gasteiger charge is 2.50. The lowest BCUT2D eigenvalue weighted by Crippen LogP contribution is -2.64. The van der Waals surface area contributed by atoms with E-state index in [1.165, 1.54) is 9.10 Å². The van der Waals surface area contributed by atoms with E-state index >= 15 is 0 Å². The molecule has 2 N–H and O–H groups in total. The van der Waals surface area contributed by atoms with Gasteiger partial charge in [0.1, 0.15) is 17.1 Å². The highest BCUT2D eigenvalue weighted by Crippen LogP contribution is 2.36. The van der Waals surface area contributed by atoms with Gasteiger partial charge in [-0.25, -0.2) is 13.4 Å². The van der Waals surface area contributed by atoms with Crippen molar-refractivity contribution < 1.29 is 8.42 Å². The first-order valence-electron chi connectivity index (χ1n) is 10.6. The number of sulfonamides is 1. The molecule has 1 saturated heterocycles. The Hall–Kier alpha value is -3.88. The molecule has 4 aromatic rings. The maximum absolute atomic E-state index is 11.9. The second-order valence-electron chi connectivity index (χ2n) is 8.63. The number of hydrogen-bond acceptors (Lipinski definition) is 8. The van der Waals surface area contributed by atoms with Gasteiger partial charge in [0.05, 0.1) is 30.5 Å². The van der Waals surface area contributed by atoms with Crippen LogP contribution in [0.4, 0.5) is 5.82 Å². The number of aromatic nitrogens is 5. The average Bonchev–Trinajstić information content (AvgIpc) is 3.26. The molecule has 0 unspecified atom stereocenters. The van der Waals surface area contributed by atoms with Gasteiger partial charge in [0, 0.05) is 42.0 Å². The van der Waals surface area contributed by atoms with Crippen molar-refractivity contribution in [3.63, 3.8) is 0 Å². The van der Waals surface area contributed by atoms with Crippen molar-refractivity contribution in [3.05, 3.63) is 54.5 Å². The second kappa shape index (κ2) is 7.86. The van der Waals surface area contributed by atoms with Gasteiger partial charge in [0.2, 0.25) is 10.0 Å². The van der Waals surface area contributed by atoms with E-state index in [2.05, 4.69) is 21.1 Å². The molecule has 10 nitrogen and oxygen atoms in total. The molecule has 34 heavy (non-hydrogen) atoms. The number of nitrogens with zero attached hydrogens (tertiary/aromatic N) is 7. The minimum Gasteiger partial charge on any atom is -0.383 e. The Morgan fingerprint density at radius 1 is 1.18 bits per heavy atom. The van der Waals surface area contributed by atoms with Crippen molar-refractivity contribution in [2.45, 2.75) is 18.9 Å². The monoisotopic (exact) mass is 474 g/mol. The number of hydrogen-bond donors (Lipinski definition) is 1. The summed E-state index contributed by atoms with van der Waals surface area (Å²) >= 11 is 0. The van der Waals surface area contributed by atoms with Crippen LogP contribution in [0.1, 0.15) is 12.0 Å². The number of pyridine rings is 2. The number of fused-ring (bicyclic) bond motifs is 1. The number of nitrogen functional groups attached to an aromatic ring is 1. The van der Waals surface area contributed by atoms with Crippen LogP contribution in [0, 0.1) is 18.3 Å². The molecule has 11 heteroatoms. The third kappa shape index (κ3) is 3.67. The number of aryl methyl sites for hydroxylation is 1. The second-order valence-corrected chi connectivity index (χ2v) is 10.6. The summed E-state index contributed by atoms with van der Waals surface area (Å²) in [5.74, 6) is 0.484. The van der Waals surface area contributed by atoms with Crippen LogP contribution in [-0.2, 0) is 15.6 Å². The van der Waals surface area contributed by atoms with Crippen molar-refractivity contribution in [1.82, 2.24) is 29.3 Å². The van der Waals surface area contributed by atoms with E-state index in [-0.39, 0.29) is 19.5 Å². The Kier molecular flexibility index (Phi) is 5.07. The molecule has 4 heterocycles. The Labute approximate surface area is 196 Å². The summed E-state index contributed by atoms with van der Waals surface area (Å²) < 4.78 is 25.1. The summed E-state index contributed by atoms with van der Waals surface area (Å²) in [6.45, 7) is 2.23. The van der Waals surface area contributed by atoms with Gasteiger partial charge in [0.25, 0.3) is 0 Å². The predicted octanol–water partition coefficient (Wildman–Crippen LogP) is 2.33. The molecule has 5 rings (SSSR count). The van der Waals surface area contributed by atoms with Gasteiger partial charge in [-0.3, -0.25) is 4.98 Å². The van der Waals surface area contributed by atoms with Crippen molar-refractivity contribution in [2.24, 2.45) is 0 Å². The van der Waals surface area contributed by atoms with E-state index in [1.807, 2.05) is 37.3 Å². The molecule has 3 aromatic heterocycles. The third-order valence-electron chi connectivity index (χ3n) is 6.18. The summed E-state index contributed by atoms with van der Waals surface area (Å²) in [6.07, 6.45) is 6.36. The Morgan fingerprint density at radius 2 is 1.97 bits per heavy atom. The van der Waals surface area contributed by atoms with Gasteiger partial charge < -0.3 is 5.73 Å². The zero-order valence-electron chi connectivity index (χ0n) is 18.7. The maximum Gasteiger partial charge on any atom is 0.211 e. The lowest BCUT2D eigenvalue weighted by molar-refractivity contribution is 0.0579. The molecule has 0 amide bonds. The molecule has 1 aliphatic rings. The normalized spacial score (nSPS) is 15.7. The van der Waals surface area contributed by atoms with E-state index in [1.54, 1.807) is 18.6 Å². The predicted molar refractivity (Wildman–Crippen MR) is 128 cm³/mol. The van der Waals surface area contributed by atoms with Crippen molar-refractivity contribution in [1.29, 1.82) is 5.26 Å². The molecule has 0 spiro atoms. The first kappa shape index (κ1) is 21.9. The number of benzene rings is 1. The van der Waals surface area contributed by atoms with Gasteiger partial charge in [-0.05, 0) is 42.3 Å². The van der Waals surface area contributed by atoms with Crippen LogP contribution < -0.4 is 5.73 Å². The molecule has 1 aliphatic heterocycles. The van der Waals surface area contributed by atoms with Crippen LogP contribution in [0.25, 0.3) is 33.3 Å². The zero-order valence-corrected chi connectivity index (χ0v) is 19.5. The van der Waals surface area contributed by atoms with Crippen LogP contribution in [0.15, 0.2) is 48.9 Å². The van der Waals surface area contributed by atoms with E-state index in [0.29, 0.717) is 11.5 Å². The van der Waals surface area contributed by atoms with Crippen molar-refractivity contribution >= 4 is 26.7 Å². The Bertz CT molecular complexity index is 1570. The Morgan fingerprint density at radius 3 is 2.68 bits per heavy atom. The molecule has 0 saturated carbocycles. The SMILES string of the molecule is Cc1cc(-c2cc(-c3cnn(C4(CC#N)CN(S(C)(=O)=O)C4)n3)c3cccnc3c2)cnc1N. The fraction of sp³-hybridized carbons (Fsp3) is 0.261. The smallest absolute Gasteiger partial charge is 0.211 e. The molecule has 0 atom stereocenters.